The van der Waals surface area contributed by atoms with Crippen LogP contribution in [0.15, 0.2) is 41.3 Å². The fraction of sp³-hybridized carbons (Fsp3) is 0.333. The van der Waals surface area contributed by atoms with E-state index in [0.29, 0.717) is 25.5 Å². The van der Waals surface area contributed by atoms with Crippen LogP contribution in [0.25, 0.3) is 11.1 Å². The highest BCUT2D eigenvalue weighted by molar-refractivity contribution is 7.83. The van der Waals surface area contributed by atoms with Crippen molar-refractivity contribution in [2.24, 2.45) is 5.92 Å². The first-order valence-electron chi connectivity index (χ1n) is 9.66. The second kappa shape index (κ2) is 9.61. The van der Waals surface area contributed by atoms with E-state index >= 15 is 0 Å². The molecule has 31 heavy (non-hydrogen) atoms. The summed E-state index contributed by atoms with van der Waals surface area (Å²) in [4.78, 5) is 23.1. The van der Waals surface area contributed by atoms with Crippen LogP contribution >= 0.6 is 0 Å². The Morgan fingerprint density at radius 3 is 2.55 bits per heavy atom. The molecule has 6 nitrogen and oxygen atoms in total. The number of carbonyl (C=O) groups excluding carboxylic acids is 2. The van der Waals surface area contributed by atoms with Crippen molar-refractivity contribution in [2.45, 2.75) is 29.7 Å². The first-order valence-corrected chi connectivity index (χ1v) is 10.8. The number of amides is 2. The van der Waals surface area contributed by atoms with Crippen LogP contribution in [0, 0.1) is 23.4 Å². The molecule has 1 aliphatic carbocycles. The summed E-state index contributed by atoms with van der Waals surface area (Å²) in [5.41, 5.74) is -0.915. The van der Waals surface area contributed by atoms with E-state index in [4.69, 9.17) is 0 Å². The van der Waals surface area contributed by atoms with Crippen LogP contribution < -0.4 is 15.4 Å². The monoisotopic (exact) mass is 453 g/mol. The van der Waals surface area contributed by atoms with Crippen LogP contribution in [0.4, 0.5) is 18.0 Å². The maximum Gasteiger partial charge on any atom is 0.315 e. The summed E-state index contributed by atoms with van der Waals surface area (Å²) in [5, 5.41) is 5.03. The Balaban J connectivity index is 1.74. The molecule has 0 spiro atoms. The maximum atomic E-state index is 14.6. The maximum absolute atomic E-state index is 14.6. The van der Waals surface area contributed by atoms with Crippen LogP contribution in [0.3, 0.4) is 0 Å². The molecule has 1 aliphatic rings. The van der Waals surface area contributed by atoms with E-state index in [-0.39, 0.29) is 28.5 Å². The molecule has 0 heterocycles. The quantitative estimate of drug-likeness (QED) is 0.563. The molecule has 166 valence electrons. The number of nitrogens with one attached hydrogen (secondary N) is 3. The van der Waals surface area contributed by atoms with Crippen molar-refractivity contribution in [3.63, 3.8) is 0 Å². The SMILES string of the molecule is CNC(=O)NC1(C=O)CCCC1CNS(=O)c1cc(F)c(-c2ccc(F)cc2)cc1F. The number of hydrogen-bond donors (Lipinski definition) is 3. The summed E-state index contributed by atoms with van der Waals surface area (Å²) in [6.07, 6.45) is 2.37. The van der Waals surface area contributed by atoms with E-state index in [9.17, 15) is 27.0 Å². The molecule has 0 radical (unpaired) electrons. The Bertz CT molecular complexity index is 1000. The van der Waals surface area contributed by atoms with Gasteiger partial charge in [0, 0.05) is 25.1 Å². The number of rotatable bonds is 7. The zero-order valence-corrected chi connectivity index (χ0v) is 17.5. The molecule has 3 unspecified atom stereocenters. The number of halogens is 3. The molecule has 1 fully saturated rings. The summed E-state index contributed by atoms with van der Waals surface area (Å²) >= 11 is 0. The molecule has 3 rings (SSSR count). The van der Waals surface area contributed by atoms with Crippen molar-refractivity contribution in [1.82, 2.24) is 15.4 Å². The Kier molecular flexibility index (Phi) is 7.11. The Morgan fingerprint density at radius 1 is 1.19 bits per heavy atom. The fourth-order valence-electron chi connectivity index (χ4n) is 3.79. The third kappa shape index (κ3) is 4.96. The number of hydrogen-bond acceptors (Lipinski definition) is 3. The summed E-state index contributed by atoms with van der Waals surface area (Å²) in [6.45, 7) is 0.0517. The highest BCUT2D eigenvalue weighted by Gasteiger charge is 2.44. The van der Waals surface area contributed by atoms with Gasteiger partial charge in [0.25, 0.3) is 0 Å². The van der Waals surface area contributed by atoms with Gasteiger partial charge in [0.15, 0.2) is 0 Å². The number of carbonyl (C=O) groups is 2. The lowest BCUT2D eigenvalue weighted by atomic mass is 9.88. The van der Waals surface area contributed by atoms with Crippen LogP contribution in [0.1, 0.15) is 19.3 Å². The topological polar surface area (TPSA) is 87.3 Å². The average Bonchev–Trinajstić information content (AvgIpc) is 3.16. The first kappa shape index (κ1) is 23.0. The molecule has 2 aromatic carbocycles. The Hall–Kier alpha value is -2.72. The van der Waals surface area contributed by atoms with E-state index in [1.54, 1.807) is 0 Å². The van der Waals surface area contributed by atoms with Crippen LogP contribution in [-0.4, -0.2) is 35.7 Å². The van der Waals surface area contributed by atoms with Crippen molar-refractivity contribution < 1.29 is 27.0 Å². The summed E-state index contributed by atoms with van der Waals surface area (Å²) < 4.78 is 57.5. The van der Waals surface area contributed by atoms with Crippen LogP contribution in [0.5, 0.6) is 0 Å². The van der Waals surface area contributed by atoms with Gasteiger partial charge in [-0.05, 0) is 42.7 Å². The predicted octanol–water partition coefficient (Wildman–Crippen LogP) is 3.05. The minimum absolute atomic E-state index is 0.0517. The van der Waals surface area contributed by atoms with E-state index < -0.39 is 40.0 Å². The van der Waals surface area contributed by atoms with Gasteiger partial charge >= 0.3 is 6.03 Å². The third-order valence-electron chi connectivity index (χ3n) is 5.49. The Labute approximate surface area is 180 Å². The van der Waals surface area contributed by atoms with Gasteiger partial charge in [-0.1, -0.05) is 18.6 Å². The van der Waals surface area contributed by atoms with Crippen molar-refractivity contribution in [3.8, 4) is 11.1 Å². The highest BCUT2D eigenvalue weighted by atomic mass is 32.2. The lowest BCUT2D eigenvalue weighted by Crippen LogP contribution is -2.56. The minimum atomic E-state index is -2.09. The van der Waals surface area contributed by atoms with Crippen LogP contribution in [-0.2, 0) is 15.8 Å². The number of urea groups is 1. The zero-order valence-electron chi connectivity index (χ0n) is 16.7. The molecule has 2 amide bonds. The van der Waals surface area contributed by atoms with E-state index in [2.05, 4.69) is 15.4 Å². The molecule has 0 aliphatic heterocycles. The van der Waals surface area contributed by atoms with Crippen LogP contribution in [0.2, 0.25) is 0 Å². The summed E-state index contributed by atoms with van der Waals surface area (Å²) in [5.74, 6) is -2.56. The molecule has 2 aromatic rings. The standard InChI is InChI=1S/C21H22F3N3O3S/c1-25-20(29)27-21(12-28)8-2-3-14(21)11-26-31(30)19-10-17(23)16(9-18(19)24)13-4-6-15(22)7-5-13/h4-7,9-10,12,14,26H,2-3,8,11H2,1H3,(H2,25,27,29). The molecule has 0 saturated heterocycles. The van der Waals surface area contributed by atoms with Gasteiger partial charge < -0.3 is 15.4 Å². The fourth-order valence-corrected chi connectivity index (χ4v) is 4.74. The lowest BCUT2D eigenvalue weighted by molar-refractivity contribution is -0.114. The minimum Gasteiger partial charge on any atom is -0.341 e. The van der Waals surface area contributed by atoms with Crippen molar-refractivity contribution in [2.75, 3.05) is 13.6 Å². The molecule has 1 saturated carbocycles. The Morgan fingerprint density at radius 2 is 1.90 bits per heavy atom. The smallest absolute Gasteiger partial charge is 0.315 e. The van der Waals surface area contributed by atoms with E-state index in [1.807, 2.05) is 0 Å². The predicted molar refractivity (Wildman–Crippen MR) is 110 cm³/mol. The van der Waals surface area contributed by atoms with Gasteiger partial charge in [-0.25, -0.2) is 26.9 Å². The van der Waals surface area contributed by atoms with Gasteiger partial charge in [0.2, 0.25) is 0 Å². The molecule has 3 atom stereocenters. The van der Waals surface area contributed by atoms with Gasteiger partial charge in [-0.2, -0.15) is 0 Å². The molecule has 0 aromatic heterocycles. The highest BCUT2D eigenvalue weighted by Crippen LogP contribution is 2.34. The molecular weight excluding hydrogens is 431 g/mol. The van der Waals surface area contributed by atoms with Gasteiger partial charge in [-0.15, -0.1) is 0 Å². The number of aldehydes is 1. The molecule has 10 heteroatoms. The summed E-state index contributed by atoms with van der Waals surface area (Å²) in [6, 6.07) is 6.14. The van der Waals surface area contributed by atoms with Gasteiger partial charge in [0.05, 0.1) is 4.90 Å². The molecular formula is C21H22F3N3O3S. The zero-order chi connectivity index (χ0) is 22.6. The molecule has 0 bridgehead atoms. The number of benzene rings is 2. The van der Waals surface area contributed by atoms with Crippen molar-refractivity contribution >= 4 is 23.3 Å². The molecule has 3 N–H and O–H groups in total. The first-order chi connectivity index (χ1) is 14.8. The normalized spacial score (nSPS) is 21.5. The van der Waals surface area contributed by atoms with Gasteiger partial charge in [0.1, 0.15) is 40.3 Å². The second-order valence-corrected chi connectivity index (χ2v) is 8.60. The van der Waals surface area contributed by atoms with Crippen molar-refractivity contribution in [1.29, 1.82) is 0 Å². The van der Waals surface area contributed by atoms with Gasteiger partial charge in [-0.3, -0.25) is 0 Å². The van der Waals surface area contributed by atoms with Crippen molar-refractivity contribution in [3.05, 3.63) is 53.8 Å². The second-order valence-electron chi connectivity index (χ2n) is 7.34. The average molecular weight is 453 g/mol. The lowest BCUT2D eigenvalue weighted by Gasteiger charge is -2.31. The summed E-state index contributed by atoms with van der Waals surface area (Å²) in [7, 11) is -0.660. The van der Waals surface area contributed by atoms with E-state index in [1.165, 1.54) is 19.2 Å². The largest absolute Gasteiger partial charge is 0.341 e. The van der Waals surface area contributed by atoms with E-state index in [0.717, 1.165) is 24.3 Å². The third-order valence-corrected chi connectivity index (χ3v) is 6.63.